The van der Waals surface area contributed by atoms with Crippen molar-refractivity contribution in [1.82, 2.24) is 10.2 Å². The van der Waals surface area contributed by atoms with Crippen LogP contribution in [0.3, 0.4) is 0 Å². The minimum absolute atomic E-state index is 0.0850. The Labute approximate surface area is 162 Å². The number of nitrogens with zero attached hydrogens (tertiary/aromatic N) is 1. The second-order valence-electron chi connectivity index (χ2n) is 6.18. The standard InChI is InChI=1S/C22H30N2O3/c1-5-24(6-2)21(18-9-8-10-20(15-18)26-4)16-23-22(25)17-11-13-19(14-12-17)27-7-3/h8-15,21H,5-7,16H2,1-4H3,(H,23,25). The summed E-state index contributed by atoms with van der Waals surface area (Å²) in [6.07, 6.45) is 0. The number of hydrogen-bond acceptors (Lipinski definition) is 4. The second kappa shape index (κ2) is 10.6. The average Bonchev–Trinajstić information content (AvgIpc) is 2.71. The zero-order valence-corrected chi connectivity index (χ0v) is 16.7. The zero-order chi connectivity index (χ0) is 19.6. The number of hydrogen-bond donors (Lipinski definition) is 1. The van der Waals surface area contributed by atoms with Crippen LogP contribution in [0.15, 0.2) is 48.5 Å². The number of amides is 1. The van der Waals surface area contributed by atoms with Gasteiger partial charge in [0.15, 0.2) is 0 Å². The van der Waals surface area contributed by atoms with Crippen molar-refractivity contribution in [3.63, 3.8) is 0 Å². The number of benzene rings is 2. The Morgan fingerprint density at radius 3 is 2.33 bits per heavy atom. The molecule has 0 fully saturated rings. The quantitative estimate of drug-likeness (QED) is 0.689. The van der Waals surface area contributed by atoms with Gasteiger partial charge in [-0.3, -0.25) is 9.69 Å². The molecule has 0 aromatic heterocycles. The summed E-state index contributed by atoms with van der Waals surface area (Å²) in [7, 11) is 1.67. The van der Waals surface area contributed by atoms with Crippen molar-refractivity contribution in [3.8, 4) is 11.5 Å². The van der Waals surface area contributed by atoms with Crippen LogP contribution < -0.4 is 14.8 Å². The van der Waals surface area contributed by atoms with E-state index in [-0.39, 0.29) is 11.9 Å². The lowest BCUT2D eigenvalue weighted by Gasteiger charge is -2.30. The number of carbonyl (C=O) groups is 1. The minimum atomic E-state index is -0.0851. The first-order chi connectivity index (χ1) is 13.1. The van der Waals surface area contributed by atoms with Crippen LogP contribution in [0.2, 0.25) is 0 Å². The molecule has 0 heterocycles. The molecule has 1 amide bonds. The number of likely N-dealkylation sites (N-methyl/N-ethyl adjacent to an activating group) is 1. The van der Waals surface area contributed by atoms with E-state index in [2.05, 4.69) is 30.1 Å². The van der Waals surface area contributed by atoms with Gasteiger partial charge in [-0.25, -0.2) is 0 Å². The van der Waals surface area contributed by atoms with E-state index in [4.69, 9.17) is 9.47 Å². The summed E-state index contributed by atoms with van der Waals surface area (Å²) in [5.74, 6) is 1.51. The number of carbonyl (C=O) groups excluding carboxylic acids is 1. The molecule has 2 aromatic carbocycles. The molecule has 0 aliphatic carbocycles. The Bertz CT molecular complexity index is 712. The van der Waals surface area contributed by atoms with E-state index in [1.165, 1.54) is 0 Å². The molecule has 0 saturated carbocycles. The highest BCUT2D eigenvalue weighted by Crippen LogP contribution is 2.24. The molecule has 2 aromatic rings. The van der Waals surface area contributed by atoms with Crippen LogP contribution in [-0.2, 0) is 0 Å². The monoisotopic (exact) mass is 370 g/mol. The van der Waals surface area contributed by atoms with Gasteiger partial charge in [0, 0.05) is 12.1 Å². The Kier molecular flexibility index (Phi) is 8.14. The molecular formula is C22H30N2O3. The first kappa shape index (κ1) is 20.8. The number of rotatable bonds is 10. The summed E-state index contributed by atoms with van der Waals surface area (Å²) >= 11 is 0. The fourth-order valence-electron chi connectivity index (χ4n) is 3.13. The normalized spacial score (nSPS) is 11.9. The number of methoxy groups -OCH3 is 1. The van der Waals surface area contributed by atoms with Crippen molar-refractivity contribution in [2.75, 3.05) is 33.4 Å². The van der Waals surface area contributed by atoms with Crippen LogP contribution >= 0.6 is 0 Å². The predicted molar refractivity (Wildman–Crippen MR) is 109 cm³/mol. The van der Waals surface area contributed by atoms with Gasteiger partial charge >= 0.3 is 0 Å². The molecule has 0 aliphatic heterocycles. The van der Waals surface area contributed by atoms with E-state index in [0.717, 1.165) is 30.2 Å². The van der Waals surface area contributed by atoms with Crippen LogP contribution in [0, 0.1) is 0 Å². The highest BCUT2D eigenvalue weighted by Gasteiger charge is 2.19. The maximum absolute atomic E-state index is 12.6. The van der Waals surface area contributed by atoms with Crippen LogP contribution in [0.5, 0.6) is 11.5 Å². The van der Waals surface area contributed by atoms with Gasteiger partial charge in [-0.1, -0.05) is 26.0 Å². The lowest BCUT2D eigenvalue weighted by molar-refractivity contribution is 0.0935. The van der Waals surface area contributed by atoms with Gasteiger partial charge in [-0.15, -0.1) is 0 Å². The van der Waals surface area contributed by atoms with Gasteiger partial charge in [-0.2, -0.15) is 0 Å². The Balaban J connectivity index is 2.11. The van der Waals surface area contributed by atoms with Gasteiger partial charge in [0.05, 0.1) is 19.8 Å². The molecule has 0 spiro atoms. The van der Waals surface area contributed by atoms with E-state index < -0.39 is 0 Å². The molecular weight excluding hydrogens is 340 g/mol. The topological polar surface area (TPSA) is 50.8 Å². The average molecular weight is 370 g/mol. The van der Waals surface area contributed by atoms with Gasteiger partial charge in [0.2, 0.25) is 0 Å². The summed E-state index contributed by atoms with van der Waals surface area (Å²) in [4.78, 5) is 14.9. The third-order valence-corrected chi connectivity index (χ3v) is 4.62. The molecule has 27 heavy (non-hydrogen) atoms. The molecule has 146 valence electrons. The molecule has 0 aliphatic rings. The van der Waals surface area contributed by atoms with Crippen LogP contribution in [0.25, 0.3) is 0 Å². The first-order valence-electron chi connectivity index (χ1n) is 9.51. The molecule has 5 nitrogen and oxygen atoms in total. The summed E-state index contributed by atoms with van der Waals surface area (Å²) in [5, 5.41) is 3.07. The van der Waals surface area contributed by atoms with Crippen molar-refractivity contribution >= 4 is 5.91 Å². The van der Waals surface area contributed by atoms with Crippen LogP contribution in [0.1, 0.15) is 42.7 Å². The smallest absolute Gasteiger partial charge is 0.251 e. The van der Waals surface area contributed by atoms with Crippen LogP contribution in [0.4, 0.5) is 0 Å². The van der Waals surface area contributed by atoms with Gasteiger partial charge in [0.25, 0.3) is 5.91 Å². The number of nitrogens with one attached hydrogen (secondary N) is 1. The predicted octanol–water partition coefficient (Wildman–Crippen LogP) is 3.91. The molecule has 0 radical (unpaired) electrons. The second-order valence-corrected chi connectivity index (χ2v) is 6.18. The van der Waals surface area contributed by atoms with Gasteiger partial charge in [0.1, 0.15) is 11.5 Å². The maximum atomic E-state index is 12.6. The minimum Gasteiger partial charge on any atom is -0.497 e. The molecule has 1 N–H and O–H groups in total. The van der Waals surface area contributed by atoms with E-state index in [0.29, 0.717) is 18.7 Å². The molecule has 0 saturated heterocycles. The van der Waals surface area contributed by atoms with Crippen molar-refractivity contribution in [2.45, 2.75) is 26.8 Å². The Morgan fingerprint density at radius 1 is 1.04 bits per heavy atom. The lowest BCUT2D eigenvalue weighted by Crippen LogP contribution is -2.38. The SMILES string of the molecule is CCOc1ccc(C(=O)NCC(c2cccc(OC)c2)N(CC)CC)cc1. The molecule has 2 rings (SSSR count). The van der Waals surface area contributed by atoms with E-state index in [1.54, 1.807) is 19.2 Å². The van der Waals surface area contributed by atoms with E-state index in [9.17, 15) is 4.79 Å². The highest BCUT2D eigenvalue weighted by molar-refractivity contribution is 5.94. The van der Waals surface area contributed by atoms with Crippen molar-refractivity contribution in [1.29, 1.82) is 0 Å². The molecule has 0 bridgehead atoms. The summed E-state index contributed by atoms with van der Waals surface area (Å²) < 4.78 is 10.8. The fraction of sp³-hybridized carbons (Fsp3) is 0.409. The van der Waals surface area contributed by atoms with Gasteiger partial charge < -0.3 is 14.8 Å². The maximum Gasteiger partial charge on any atom is 0.251 e. The van der Waals surface area contributed by atoms with Crippen LogP contribution in [-0.4, -0.2) is 44.2 Å². The molecule has 1 unspecified atom stereocenters. The van der Waals surface area contributed by atoms with E-state index in [1.807, 2.05) is 37.3 Å². The third kappa shape index (κ3) is 5.73. The summed E-state index contributed by atoms with van der Waals surface area (Å²) in [6.45, 7) is 9.13. The van der Waals surface area contributed by atoms with E-state index >= 15 is 0 Å². The van der Waals surface area contributed by atoms with Crippen molar-refractivity contribution in [2.24, 2.45) is 0 Å². The Hall–Kier alpha value is -2.53. The fourth-order valence-corrected chi connectivity index (χ4v) is 3.13. The third-order valence-electron chi connectivity index (χ3n) is 4.62. The highest BCUT2D eigenvalue weighted by atomic mass is 16.5. The largest absolute Gasteiger partial charge is 0.497 e. The molecule has 1 atom stereocenters. The van der Waals surface area contributed by atoms with Gasteiger partial charge in [-0.05, 0) is 62.0 Å². The Morgan fingerprint density at radius 2 is 1.74 bits per heavy atom. The van der Waals surface area contributed by atoms with Crippen molar-refractivity contribution < 1.29 is 14.3 Å². The first-order valence-corrected chi connectivity index (χ1v) is 9.51. The summed E-state index contributed by atoms with van der Waals surface area (Å²) in [5.41, 5.74) is 1.76. The lowest BCUT2D eigenvalue weighted by atomic mass is 10.0. The number of ether oxygens (including phenoxy) is 2. The summed E-state index contributed by atoms with van der Waals surface area (Å²) in [6, 6.07) is 15.3. The van der Waals surface area contributed by atoms with Crippen molar-refractivity contribution in [3.05, 3.63) is 59.7 Å². The molecule has 5 heteroatoms. The zero-order valence-electron chi connectivity index (χ0n) is 16.7.